The molecule has 7 nitrogen and oxygen atoms in total. The van der Waals surface area contributed by atoms with Crippen LogP contribution in [0.15, 0.2) is 54.6 Å². The first-order valence-corrected chi connectivity index (χ1v) is 12.6. The van der Waals surface area contributed by atoms with E-state index in [-0.39, 0.29) is 12.1 Å². The predicted octanol–water partition coefficient (Wildman–Crippen LogP) is 6.41. The largest absolute Gasteiger partial charge is 0.444 e. The van der Waals surface area contributed by atoms with Gasteiger partial charge in [-0.25, -0.2) is 9.10 Å². The summed E-state index contributed by atoms with van der Waals surface area (Å²) in [5.41, 5.74) is 1.75. The summed E-state index contributed by atoms with van der Waals surface area (Å²) in [5.74, 6) is 0. The zero-order valence-corrected chi connectivity index (χ0v) is 19.8. The molecule has 0 aromatic heterocycles. The molecule has 0 radical (unpaired) electrons. The number of ether oxygens (including phenoxy) is 1. The summed E-state index contributed by atoms with van der Waals surface area (Å²) in [4.78, 5) is 14.6. The Morgan fingerprint density at radius 3 is 2.38 bits per heavy atom. The Morgan fingerprint density at radius 1 is 1.03 bits per heavy atom. The maximum absolute atomic E-state index is 12.8. The topological polar surface area (TPSA) is 76.5 Å². The summed E-state index contributed by atoms with van der Waals surface area (Å²) < 4.78 is 31.6. The van der Waals surface area contributed by atoms with E-state index in [1.807, 2.05) is 80.3 Å². The van der Waals surface area contributed by atoms with Crippen molar-refractivity contribution in [2.45, 2.75) is 58.1 Å². The van der Waals surface area contributed by atoms with Gasteiger partial charge in [0.15, 0.2) is 0 Å². The van der Waals surface area contributed by atoms with E-state index in [4.69, 9.17) is 4.74 Å². The van der Waals surface area contributed by atoms with Gasteiger partial charge in [0.1, 0.15) is 5.60 Å². The van der Waals surface area contributed by atoms with E-state index >= 15 is 0 Å². The van der Waals surface area contributed by atoms with E-state index in [1.165, 1.54) is 0 Å². The summed E-state index contributed by atoms with van der Waals surface area (Å²) in [6.07, 6.45) is 3.23. The number of anilines is 3. The van der Waals surface area contributed by atoms with Gasteiger partial charge in [-0.3, -0.25) is 13.4 Å². The van der Waals surface area contributed by atoms with Crippen LogP contribution >= 0.6 is 11.0 Å². The van der Waals surface area contributed by atoms with Crippen molar-refractivity contribution in [3.8, 4) is 0 Å². The Labute approximate surface area is 192 Å². The van der Waals surface area contributed by atoms with Gasteiger partial charge in [0.05, 0.1) is 17.1 Å². The molecular formula is C24H33N3O4S. The Bertz CT molecular complexity index is 948. The van der Waals surface area contributed by atoms with E-state index in [2.05, 4.69) is 0 Å². The Kier molecular flexibility index (Phi) is 6.29. The molecule has 1 fully saturated rings. The summed E-state index contributed by atoms with van der Waals surface area (Å²) in [5, 5.41) is 0. The van der Waals surface area contributed by atoms with E-state index in [1.54, 1.807) is 8.61 Å². The van der Waals surface area contributed by atoms with Gasteiger partial charge in [0.2, 0.25) is 0 Å². The van der Waals surface area contributed by atoms with E-state index in [9.17, 15) is 13.9 Å². The second-order valence-electron chi connectivity index (χ2n) is 9.32. The Hall–Kier alpha value is -2.42. The van der Waals surface area contributed by atoms with Crippen LogP contribution in [0.4, 0.5) is 21.9 Å². The fraction of sp³-hybridized carbons (Fsp3) is 0.458. The van der Waals surface area contributed by atoms with Crippen LogP contribution in [0.5, 0.6) is 0 Å². The van der Waals surface area contributed by atoms with Crippen molar-refractivity contribution in [1.82, 2.24) is 4.90 Å². The lowest BCUT2D eigenvalue weighted by atomic mass is 10.00. The van der Waals surface area contributed by atoms with Crippen molar-refractivity contribution in [3.05, 3.63) is 54.6 Å². The van der Waals surface area contributed by atoms with Crippen molar-refractivity contribution >= 4 is 34.1 Å². The van der Waals surface area contributed by atoms with Crippen LogP contribution in [-0.2, 0) is 4.74 Å². The molecule has 1 amide bonds. The summed E-state index contributed by atoms with van der Waals surface area (Å²) in [7, 11) is -3.28. The fourth-order valence-corrected chi connectivity index (χ4v) is 6.21. The van der Waals surface area contributed by atoms with Crippen molar-refractivity contribution in [3.63, 3.8) is 0 Å². The predicted molar refractivity (Wildman–Crippen MR) is 130 cm³/mol. The van der Waals surface area contributed by atoms with Crippen LogP contribution in [0.25, 0.3) is 0 Å². The number of piperidine rings is 1. The average molecular weight is 460 g/mol. The van der Waals surface area contributed by atoms with E-state index in [0.717, 1.165) is 36.3 Å². The van der Waals surface area contributed by atoms with Gasteiger partial charge < -0.3 is 9.64 Å². The summed E-state index contributed by atoms with van der Waals surface area (Å²) >= 11 is 0. The summed E-state index contributed by atoms with van der Waals surface area (Å²) in [6.45, 7) is 6.71. The molecule has 4 rings (SSSR count). The number of para-hydroxylation sites is 3. The first-order valence-electron chi connectivity index (χ1n) is 11.2. The number of nitrogens with zero attached hydrogens (tertiary/aromatic N) is 3. The molecule has 174 valence electrons. The molecule has 0 spiro atoms. The second kappa shape index (κ2) is 8.84. The third-order valence-corrected chi connectivity index (χ3v) is 7.69. The third kappa shape index (κ3) is 4.53. The van der Waals surface area contributed by atoms with Gasteiger partial charge in [0, 0.05) is 19.1 Å². The molecule has 2 aliphatic heterocycles. The maximum Gasteiger partial charge on any atom is 0.410 e. The van der Waals surface area contributed by atoms with Gasteiger partial charge in [-0.15, -0.1) is 0 Å². The van der Waals surface area contributed by atoms with Crippen molar-refractivity contribution in [2.75, 3.05) is 21.7 Å². The molecule has 2 aromatic carbocycles. The monoisotopic (exact) mass is 459 g/mol. The summed E-state index contributed by atoms with van der Waals surface area (Å²) in [6, 6.07) is 17.1. The van der Waals surface area contributed by atoms with Crippen molar-refractivity contribution in [2.24, 2.45) is 0 Å². The molecule has 0 aliphatic carbocycles. The molecule has 1 saturated heterocycles. The van der Waals surface area contributed by atoms with Crippen LogP contribution in [0.2, 0.25) is 0 Å². The van der Waals surface area contributed by atoms with Crippen LogP contribution in [-0.4, -0.2) is 44.8 Å². The lowest BCUT2D eigenvalue weighted by Crippen LogP contribution is -2.47. The molecule has 0 bridgehead atoms. The molecule has 1 unspecified atom stereocenters. The molecule has 1 atom stereocenters. The van der Waals surface area contributed by atoms with Crippen LogP contribution in [0.1, 0.15) is 46.5 Å². The molecule has 0 saturated carbocycles. The number of hydrogen-bond donors (Lipinski definition) is 2. The van der Waals surface area contributed by atoms with Gasteiger partial charge in [0.25, 0.3) is 0 Å². The van der Waals surface area contributed by atoms with Crippen molar-refractivity contribution < 1.29 is 18.6 Å². The van der Waals surface area contributed by atoms with Crippen LogP contribution in [0, 0.1) is 0 Å². The highest BCUT2D eigenvalue weighted by atomic mass is 32.3. The molecule has 32 heavy (non-hydrogen) atoms. The zero-order chi connectivity index (χ0) is 22.9. The molecule has 8 heteroatoms. The zero-order valence-electron chi connectivity index (χ0n) is 19.0. The number of amides is 1. The minimum absolute atomic E-state index is 0.00624. The highest BCUT2D eigenvalue weighted by Crippen LogP contribution is 2.64. The van der Waals surface area contributed by atoms with Gasteiger partial charge >= 0.3 is 6.09 Å². The maximum atomic E-state index is 12.8. The van der Waals surface area contributed by atoms with Crippen molar-refractivity contribution in [1.29, 1.82) is 0 Å². The van der Waals surface area contributed by atoms with Crippen LogP contribution < -0.4 is 8.61 Å². The standard InChI is InChI=1S/C24H33N3O4S/c1-24(2,3)31-23(28)25-17-10-9-11-19(25)16-18-26-21-14-7-8-15-22(21)27(32(26,29)30)20-12-5-4-6-13-20/h4-8,12-15,19,29-30H,9-11,16-18H2,1-3H3. The number of benzene rings is 2. The first kappa shape index (κ1) is 22.8. The molecular weight excluding hydrogens is 426 g/mol. The van der Waals surface area contributed by atoms with Gasteiger partial charge in [-0.1, -0.05) is 30.3 Å². The van der Waals surface area contributed by atoms with Crippen LogP contribution in [0.3, 0.4) is 0 Å². The normalized spacial score (nSPS) is 21.3. The number of carbonyl (C=O) groups excluding carboxylic acids is 1. The Morgan fingerprint density at radius 2 is 1.69 bits per heavy atom. The average Bonchev–Trinajstić information content (AvgIpc) is 2.97. The molecule has 2 aliphatic rings. The smallest absolute Gasteiger partial charge is 0.410 e. The van der Waals surface area contributed by atoms with E-state index < -0.39 is 16.6 Å². The third-order valence-electron chi connectivity index (χ3n) is 5.82. The second-order valence-corrected chi connectivity index (χ2v) is 11.1. The minimum Gasteiger partial charge on any atom is -0.444 e. The SMILES string of the molecule is CC(C)(C)OC(=O)N1CCCCC1CCN1c2ccccc2N(c2ccccc2)S1(O)O. The number of likely N-dealkylation sites (tertiary alicyclic amines) is 1. The number of rotatable bonds is 4. The molecule has 2 aromatic rings. The Balaban J connectivity index is 1.55. The highest BCUT2D eigenvalue weighted by Gasteiger charge is 2.42. The quantitative estimate of drug-likeness (QED) is 0.550. The lowest BCUT2D eigenvalue weighted by Gasteiger charge is -2.45. The van der Waals surface area contributed by atoms with Gasteiger partial charge in [-0.2, -0.15) is 0 Å². The number of fused-ring (bicyclic) bond motifs is 1. The number of carbonyl (C=O) groups is 1. The highest BCUT2D eigenvalue weighted by molar-refractivity contribution is 8.27. The van der Waals surface area contributed by atoms with Gasteiger partial charge in [-0.05, 0) is 81.7 Å². The molecule has 2 heterocycles. The lowest BCUT2D eigenvalue weighted by molar-refractivity contribution is 0.00922. The minimum atomic E-state index is -3.28. The molecule has 2 N–H and O–H groups in total. The number of hydrogen-bond acceptors (Lipinski definition) is 6. The fourth-order valence-electron chi connectivity index (χ4n) is 4.42. The first-order chi connectivity index (χ1) is 15.2. The van der Waals surface area contributed by atoms with E-state index in [0.29, 0.717) is 19.5 Å².